The van der Waals surface area contributed by atoms with Gasteiger partial charge in [-0.15, -0.1) is 0 Å². The van der Waals surface area contributed by atoms with Crippen LogP contribution in [0.25, 0.3) is 0 Å². The van der Waals surface area contributed by atoms with Crippen molar-refractivity contribution in [2.75, 3.05) is 38.6 Å². The number of ether oxygens (including phenoxy) is 2. The first kappa shape index (κ1) is 22.1. The van der Waals surface area contributed by atoms with Crippen molar-refractivity contribution >= 4 is 29.0 Å². The number of carbonyl (C=O) groups is 2. The molecule has 1 unspecified atom stereocenters. The summed E-state index contributed by atoms with van der Waals surface area (Å²) in [6.45, 7) is 4.60. The lowest BCUT2D eigenvalue weighted by molar-refractivity contribution is -0.118. The standard InChI is InChI=1S/C22H26ClN3O4/c1-15(27)14-30-21-10-20(24)19(23)9-18(21)22(28)25-11-17-13-26(7-8-29-17)12-16-5-3-2-4-6-16/h2-6,9-10,17H,7-8,11-14,24H2,1H3,(H,25,28). The Hall–Kier alpha value is -2.61. The van der Waals surface area contributed by atoms with Gasteiger partial charge in [0, 0.05) is 32.2 Å². The number of nitrogens with one attached hydrogen (secondary N) is 1. The first-order chi connectivity index (χ1) is 14.4. The lowest BCUT2D eigenvalue weighted by Crippen LogP contribution is -2.47. The Labute approximate surface area is 181 Å². The highest BCUT2D eigenvalue weighted by Gasteiger charge is 2.22. The normalized spacial score (nSPS) is 16.8. The van der Waals surface area contributed by atoms with E-state index in [1.807, 2.05) is 18.2 Å². The highest BCUT2D eigenvalue weighted by atomic mass is 35.5. The Morgan fingerprint density at radius 1 is 1.30 bits per heavy atom. The molecule has 1 heterocycles. The fourth-order valence-electron chi connectivity index (χ4n) is 3.24. The Kier molecular flexibility index (Phi) is 7.68. The lowest BCUT2D eigenvalue weighted by Gasteiger charge is -2.33. The number of hydrogen-bond acceptors (Lipinski definition) is 6. The number of amides is 1. The first-order valence-electron chi connectivity index (χ1n) is 9.79. The number of Topliss-reactive ketones (excluding diaryl/α,β-unsaturated/α-hetero) is 1. The molecule has 0 radical (unpaired) electrons. The summed E-state index contributed by atoms with van der Waals surface area (Å²) in [4.78, 5) is 26.3. The third-order valence-electron chi connectivity index (χ3n) is 4.74. The molecule has 8 heteroatoms. The van der Waals surface area contributed by atoms with Gasteiger partial charge in [-0.3, -0.25) is 14.5 Å². The maximum Gasteiger partial charge on any atom is 0.255 e. The monoisotopic (exact) mass is 431 g/mol. The van der Waals surface area contributed by atoms with Crippen molar-refractivity contribution in [1.82, 2.24) is 10.2 Å². The molecule has 0 bridgehead atoms. The second-order valence-corrected chi connectivity index (χ2v) is 7.69. The number of anilines is 1. The van der Waals surface area contributed by atoms with Crippen LogP contribution in [0, 0.1) is 0 Å². The average molecular weight is 432 g/mol. The van der Waals surface area contributed by atoms with E-state index in [0.717, 1.165) is 13.1 Å². The Bertz CT molecular complexity index is 891. The lowest BCUT2D eigenvalue weighted by atomic mass is 10.1. The van der Waals surface area contributed by atoms with E-state index in [1.54, 1.807) is 0 Å². The maximum atomic E-state index is 12.7. The van der Waals surface area contributed by atoms with Crippen LogP contribution in [0.5, 0.6) is 5.75 Å². The van der Waals surface area contributed by atoms with Crippen LogP contribution >= 0.6 is 11.6 Å². The van der Waals surface area contributed by atoms with E-state index in [4.69, 9.17) is 26.8 Å². The number of halogens is 1. The van der Waals surface area contributed by atoms with E-state index in [-0.39, 0.29) is 46.4 Å². The Balaban J connectivity index is 1.59. The van der Waals surface area contributed by atoms with Gasteiger partial charge in [0.1, 0.15) is 12.4 Å². The number of benzene rings is 2. The number of carbonyl (C=O) groups excluding carboxylic acids is 2. The third-order valence-corrected chi connectivity index (χ3v) is 5.06. The number of rotatable bonds is 8. The van der Waals surface area contributed by atoms with Gasteiger partial charge < -0.3 is 20.5 Å². The van der Waals surface area contributed by atoms with Crippen molar-refractivity contribution < 1.29 is 19.1 Å². The number of ketones is 1. The first-order valence-corrected chi connectivity index (χ1v) is 10.2. The predicted octanol–water partition coefficient (Wildman–Crippen LogP) is 2.52. The molecule has 160 valence electrons. The zero-order valence-corrected chi connectivity index (χ0v) is 17.7. The van der Waals surface area contributed by atoms with Gasteiger partial charge in [-0.05, 0) is 18.6 Å². The molecule has 1 amide bonds. The molecule has 0 saturated carbocycles. The van der Waals surface area contributed by atoms with E-state index >= 15 is 0 Å². The highest BCUT2D eigenvalue weighted by molar-refractivity contribution is 6.33. The van der Waals surface area contributed by atoms with Crippen LogP contribution in [0.1, 0.15) is 22.8 Å². The number of nitrogens with two attached hydrogens (primary N) is 1. The van der Waals surface area contributed by atoms with Crippen molar-refractivity contribution in [3.8, 4) is 5.75 Å². The zero-order valence-electron chi connectivity index (χ0n) is 16.9. The molecule has 2 aromatic carbocycles. The minimum atomic E-state index is -0.362. The van der Waals surface area contributed by atoms with E-state index in [2.05, 4.69) is 22.3 Å². The van der Waals surface area contributed by atoms with Gasteiger partial charge in [0.15, 0.2) is 5.78 Å². The van der Waals surface area contributed by atoms with Crippen molar-refractivity contribution in [2.45, 2.75) is 19.6 Å². The van der Waals surface area contributed by atoms with E-state index in [0.29, 0.717) is 19.7 Å². The van der Waals surface area contributed by atoms with Gasteiger partial charge in [-0.25, -0.2) is 0 Å². The minimum Gasteiger partial charge on any atom is -0.485 e. The smallest absolute Gasteiger partial charge is 0.255 e. The van der Waals surface area contributed by atoms with Gasteiger partial charge in [0.25, 0.3) is 5.91 Å². The van der Waals surface area contributed by atoms with Gasteiger partial charge in [0.2, 0.25) is 0 Å². The molecule has 1 aliphatic rings. The SMILES string of the molecule is CC(=O)COc1cc(N)c(Cl)cc1C(=O)NCC1CN(Cc2ccccc2)CCO1. The fourth-order valence-corrected chi connectivity index (χ4v) is 3.40. The summed E-state index contributed by atoms with van der Waals surface area (Å²) in [6, 6.07) is 13.1. The quantitative estimate of drug-likeness (QED) is 0.624. The molecule has 0 aliphatic carbocycles. The molecule has 2 aromatic rings. The number of nitrogen functional groups attached to an aromatic ring is 1. The van der Waals surface area contributed by atoms with Crippen molar-refractivity contribution in [1.29, 1.82) is 0 Å². The molecule has 7 nitrogen and oxygen atoms in total. The van der Waals surface area contributed by atoms with Crippen molar-refractivity contribution in [3.05, 3.63) is 58.6 Å². The summed E-state index contributed by atoms with van der Waals surface area (Å²) >= 11 is 6.08. The zero-order chi connectivity index (χ0) is 21.5. The summed E-state index contributed by atoms with van der Waals surface area (Å²) in [6.07, 6.45) is -0.128. The number of hydrogen-bond donors (Lipinski definition) is 2. The molecule has 30 heavy (non-hydrogen) atoms. The summed E-state index contributed by atoms with van der Waals surface area (Å²) in [5, 5.41) is 3.12. The van der Waals surface area contributed by atoms with Crippen LogP contribution in [-0.2, 0) is 16.1 Å². The second-order valence-electron chi connectivity index (χ2n) is 7.28. The topological polar surface area (TPSA) is 93.9 Å². The minimum absolute atomic E-state index is 0.128. The molecule has 1 atom stereocenters. The van der Waals surface area contributed by atoms with Crippen LogP contribution < -0.4 is 15.8 Å². The molecule has 0 aromatic heterocycles. The molecule has 1 saturated heterocycles. The highest BCUT2D eigenvalue weighted by Crippen LogP contribution is 2.29. The predicted molar refractivity (Wildman–Crippen MR) is 116 cm³/mol. The Morgan fingerprint density at radius 2 is 2.07 bits per heavy atom. The van der Waals surface area contributed by atoms with E-state index in [1.165, 1.54) is 24.6 Å². The third kappa shape index (κ3) is 6.19. The van der Waals surface area contributed by atoms with Crippen LogP contribution in [0.2, 0.25) is 5.02 Å². The summed E-state index contributed by atoms with van der Waals surface area (Å²) in [5.41, 5.74) is 7.56. The molecule has 3 rings (SSSR count). The van der Waals surface area contributed by atoms with Gasteiger partial charge in [-0.2, -0.15) is 0 Å². The molecule has 3 N–H and O–H groups in total. The summed E-state index contributed by atoms with van der Waals surface area (Å²) in [5.74, 6) is -0.303. The Morgan fingerprint density at radius 3 is 2.80 bits per heavy atom. The molecule has 1 aliphatic heterocycles. The van der Waals surface area contributed by atoms with E-state index in [9.17, 15) is 9.59 Å². The largest absolute Gasteiger partial charge is 0.485 e. The average Bonchev–Trinajstić information content (AvgIpc) is 2.73. The van der Waals surface area contributed by atoms with Crippen LogP contribution in [0.4, 0.5) is 5.69 Å². The number of morpholine rings is 1. The molecule has 1 fully saturated rings. The molecular formula is C22H26ClN3O4. The maximum absolute atomic E-state index is 12.7. The van der Waals surface area contributed by atoms with Crippen molar-refractivity contribution in [2.24, 2.45) is 0 Å². The van der Waals surface area contributed by atoms with Crippen LogP contribution in [0.3, 0.4) is 0 Å². The summed E-state index contributed by atoms with van der Waals surface area (Å²) < 4.78 is 11.2. The van der Waals surface area contributed by atoms with Gasteiger partial charge in [-0.1, -0.05) is 41.9 Å². The molecule has 0 spiro atoms. The summed E-state index contributed by atoms with van der Waals surface area (Å²) in [7, 11) is 0. The fraction of sp³-hybridized carbons (Fsp3) is 0.364. The molecular weight excluding hydrogens is 406 g/mol. The second kappa shape index (κ2) is 10.4. The van der Waals surface area contributed by atoms with Crippen molar-refractivity contribution in [3.63, 3.8) is 0 Å². The van der Waals surface area contributed by atoms with Crippen LogP contribution in [-0.4, -0.2) is 55.5 Å². The van der Waals surface area contributed by atoms with Gasteiger partial charge in [0.05, 0.1) is 29.0 Å². The van der Waals surface area contributed by atoms with E-state index < -0.39 is 0 Å². The van der Waals surface area contributed by atoms with Gasteiger partial charge >= 0.3 is 0 Å². The van der Waals surface area contributed by atoms with Crippen LogP contribution in [0.15, 0.2) is 42.5 Å². The number of nitrogens with zero attached hydrogens (tertiary/aromatic N) is 1.